The third kappa shape index (κ3) is 5.45. The third-order valence-corrected chi connectivity index (χ3v) is 6.83. The highest BCUT2D eigenvalue weighted by Crippen LogP contribution is 2.33. The van der Waals surface area contributed by atoms with Crippen LogP contribution in [-0.2, 0) is 14.3 Å². The standard InChI is InChI=1S/C21H38N4O3/c1-23(2)20(27)18-6-10-24(11-7-18)16-19(26)22-17-21(8-4-3-5-9-21)25-12-14-28-15-13-25/h18H,3-17H2,1-2H3,(H,22,26). The molecule has 1 saturated carbocycles. The van der Waals surface area contributed by atoms with Crippen LogP contribution in [0.4, 0.5) is 0 Å². The molecule has 28 heavy (non-hydrogen) atoms. The quantitative estimate of drug-likeness (QED) is 0.726. The van der Waals surface area contributed by atoms with E-state index in [0.717, 1.165) is 58.8 Å². The van der Waals surface area contributed by atoms with Gasteiger partial charge in [0, 0.05) is 45.2 Å². The van der Waals surface area contributed by atoms with Crippen LogP contribution >= 0.6 is 0 Å². The number of likely N-dealkylation sites (tertiary alicyclic amines) is 1. The molecule has 2 amide bonds. The highest BCUT2D eigenvalue weighted by Gasteiger charge is 2.39. The predicted molar refractivity (Wildman–Crippen MR) is 109 cm³/mol. The maximum atomic E-state index is 12.6. The van der Waals surface area contributed by atoms with E-state index in [1.165, 1.54) is 32.1 Å². The Morgan fingerprint density at radius 2 is 1.68 bits per heavy atom. The van der Waals surface area contributed by atoms with Crippen LogP contribution in [0.3, 0.4) is 0 Å². The highest BCUT2D eigenvalue weighted by atomic mass is 16.5. The first-order chi connectivity index (χ1) is 13.5. The average Bonchev–Trinajstić information content (AvgIpc) is 2.73. The number of piperidine rings is 1. The van der Waals surface area contributed by atoms with Crippen molar-refractivity contribution in [3.63, 3.8) is 0 Å². The minimum absolute atomic E-state index is 0.112. The van der Waals surface area contributed by atoms with Crippen LogP contribution in [0, 0.1) is 5.92 Å². The van der Waals surface area contributed by atoms with E-state index in [9.17, 15) is 9.59 Å². The second-order valence-corrected chi connectivity index (χ2v) is 8.94. The molecule has 0 spiro atoms. The lowest BCUT2D eigenvalue weighted by Gasteiger charge is -2.48. The van der Waals surface area contributed by atoms with Crippen LogP contribution in [-0.4, -0.2) is 98.6 Å². The SMILES string of the molecule is CN(C)C(=O)C1CCN(CC(=O)NCC2(N3CCOCC3)CCCCC2)CC1. The van der Waals surface area contributed by atoms with E-state index >= 15 is 0 Å². The molecule has 0 bridgehead atoms. The van der Waals surface area contributed by atoms with Crippen LogP contribution < -0.4 is 5.32 Å². The number of hydrogen-bond donors (Lipinski definition) is 1. The topological polar surface area (TPSA) is 65.1 Å². The fourth-order valence-electron chi connectivity index (χ4n) is 5.08. The smallest absolute Gasteiger partial charge is 0.234 e. The normalized spacial score (nSPS) is 24.6. The van der Waals surface area contributed by atoms with Gasteiger partial charge in [0.15, 0.2) is 0 Å². The molecule has 0 aromatic rings. The van der Waals surface area contributed by atoms with Crippen molar-refractivity contribution in [2.24, 2.45) is 5.92 Å². The summed E-state index contributed by atoms with van der Waals surface area (Å²) in [4.78, 5) is 31.2. The van der Waals surface area contributed by atoms with Gasteiger partial charge in [-0.25, -0.2) is 0 Å². The molecule has 2 saturated heterocycles. The summed E-state index contributed by atoms with van der Waals surface area (Å²) in [6.07, 6.45) is 7.85. The number of nitrogens with zero attached hydrogens (tertiary/aromatic N) is 3. The third-order valence-electron chi connectivity index (χ3n) is 6.83. The molecule has 0 radical (unpaired) electrons. The van der Waals surface area contributed by atoms with Gasteiger partial charge in [0.05, 0.1) is 19.8 Å². The van der Waals surface area contributed by atoms with Gasteiger partial charge in [-0.15, -0.1) is 0 Å². The summed E-state index contributed by atoms with van der Waals surface area (Å²) in [5, 5.41) is 3.25. The maximum absolute atomic E-state index is 12.6. The molecular weight excluding hydrogens is 356 g/mol. The molecule has 2 aliphatic heterocycles. The lowest BCUT2D eigenvalue weighted by atomic mass is 9.79. The molecule has 3 aliphatic rings. The summed E-state index contributed by atoms with van der Waals surface area (Å²) >= 11 is 0. The number of nitrogens with one attached hydrogen (secondary N) is 1. The van der Waals surface area contributed by atoms with Crippen molar-refractivity contribution in [3.05, 3.63) is 0 Å². The van der Waals surface area contributed by atoms with E-state index in [-0.39, 0.29) is 23.3 Å². The van der Waals surface area contributed by atoms with E-state index in [4.69, 9.17) is 4.74 Å². The van der Waals surface area contributed by atoms with Gasteiger partial charge in [0.1, 0.15) is 0 Å². The van der Waals surface area contributed by atoms with Gasteiger partial charge in [0.25, 0.3) is 0 Å². The number of rotatable bonds is 6. The Bertz CT molecular complexity index is 520. The monoisotopic (exact) mass is 394 g/mol. The summed E-state index contributed by atoms with van der Waals surface area (Å²) in [6, 6.07) is 0. The van der Waals surface area contributed by atoms with E-state index in [0.29, 0.717) is 6.54 Å². The molecule has 0 atom stereocenters. The Hall–Kier alpha value is -1.18. The Labute approximate surface area is 169 Å². The van der Waals surface area contributed by atoms with Crippen LogP contribution in [0.25, 0.3) is 0 Å². The largest absolute Gasteiger partial charge is 0.379 e. The first-order valence-electron chi connectivity index (χ1n) is 11.0. The summed E-state index contributed by atoms with van der Waals surface area (Å²) in [5.74, 6) is 0.450. The Morgan fingerprint density at radius 3 is 2.29 bits per heavy atom. The number of morpholine rings is 1. The highest BCUT2D eigenvalue weighted by molar-refractivity contribution is 5.79. The molecule has 2 heterocycles. The summed E-state index contributed by atoms with van der Waals surface area (Å²) in [6.45, 7) is 6.40. The molecule has 0 unspecified atom stereocenters. The first kappa shape index (κ1) is 21.5. The fourth-order valence-corrected chi connectivity index (χ4v) is 5.08. The molecule has 1 N–H and O–H groups in total. The zero-order valence-electron chi connectivity index (χ0n) is 17.8. The van der Waals surface area contributed by atoms with Crippen LogP contribution in [0.1, 0.15) is 44.9 Å². The Morgan fingerprint density at radius 1 is 1.04 bits per heavy atom. The fraction of sp³-hybridized carbons (Fsp3) is 0.905. The molecule has 0 aromatic carbocycles. The second-order valence-electron chi connectivity index (χ2n) is 8.94. The van der Waals surface area contributed by atoms with E-state index in [2.05, 4.69) is 15.1 Å². The van der Waals surface area contributed by atoms with Gasteiger partial charge >= 0.3 is 0 Å². The van der Waals surface area contributed by atoms with Gasteiger partial charge in [-0.1, -0.05) is 19.3 Å². The Balaban J connectivity index is 1.45. The van der Waals surface area contributed by atoms with Crippen molar-refractivity contribution in [3.8, 4) is 0 Å². The molecule has 3 fully saturated rings. The average molecular weight is 395 g/mol. The molecule has 1 aliphatic carbocycles. The minimum atomic E-state index is 0.112. The van der Waals surface area contributed by atoms with Crippen molar-refractivity contribution in [2.45, 2.75) is 50.5 Å². The van der Waals surface area contributed by atoms with Gasteiger partial charge in [0.2, 0.25) is 11.8 Å². The van der Waals surface area contributed by atoms with Gasteiger partial charge in [-0.2, -0.15) is 0 Å². The number of ether oxygens (including phenoxy) is 1. The van der Waals surface area contributed by atoms with Crippen molar-refractivity contribution in [2.75, 3.05) is 66.6 Å². The number of carbonyl (C=O) groups is 2. The molecule has 3 rings (SSSR count). The van der Waals surface area contributed by atoms with E-state index in [1.807, 2.05) is 14.1 Å². The van der Waals surface area contributed by atoms with Crippen LogP contribution in [0.15, 0.2) is 0 Å². The minimum Gasteiger partial charge on any atom is -0.379 e. The van der Waals surface area contributed by atoms with E-state index < -0.39 is 0 Å². The molecule has 7 heteroatoms. The van der Waals surface area contributed by atoms with E-state index in [1.54, 1.807) is 4.90 Å². The first-order valence-corrected chi connectivity index (χ1v) is 11.0. The summed E-state index contributed by atoms with van der Waals surface area (Å²) in [5.41, 5.74) is 0.114. The molecule has 0 aromatic heterocycles. The van der Waals surface area contributed by atoms with Crippen molar-refractivity contribution < 1.29 is 14.3 Å². The lowest BCUT2D eigenvalue weighted by Crippen LogP contribution is -2.60. The second kappa shape index (κ2) is 10.0. The number of hydrogen-bond acceptors (Lipinski definition) is 5. The van der Waals surface area contributed by atoms with Crippen molar-refractivity contribution in [1.82, 2.24) is 20.0 Å². The molecule has 7 nitrogen and oxygen atoms in total. The number of amides is 2. The van der Waals surface area contributed by atoms with Crippen LogP contribution in [0.2, 0.25) is 0 Å². The predicted octanol–water partition coefficient (Wildman–Crippen LogP) is 0.938. The van der Waals surface area contributed by atoms with Crippen molar-refractivity contribution in [1.29, 1.82) is 0 Å². The number of carbonyl (C=O) groups excluding carboxylic acids is 2. The van der Waals surface area contributed by atoms with Gasteiger partial charge in [-0.3, -0.25) is 19.4 Å². The maximum Gasteiger partial charge on any atom is 0.234 e. The van der Waals surface area contributed by atoms with Gasteiger partial charge in [-0.05, 0) is 38.8 Å². The molecular formula is C21H38N4O3. The summed E-state index contributed by atoms with van der Waals surface area (Å²) in [7, 11) is 3.63. The zero-order valence-corrected chi connectivity index (χ0v) is 17.8. The lowest BCUT2D eigenvalue weighted by molar-refractivity contribution is -0.134. The van der Waals surface area contributed by atoms with Crippen LogP contribution in [0.5, 0.6) is 0 Å². The zero-order chi connectivity index (χ0) is 20.0. The molecule has 160 valence electrons. The van der Waals surface area contributed by atoms with Gasteiger partial charge < -0.3 is 15.0 Å². The summed E-state index contributed by atoms with van der Waals surface area (Å²) < 4.78 is 5.54. The van der Waals surface area contributed by atoms with Crippen molar-refractivity contribution >= 4 is 11.8 Å². The Kier molecular flexibility index (Phi) is 7.71.